The molecule has 2 heteroatoms. The van der Waals surface area contributed by atoms with E-state index in [1.54, 1.807) is 0 Å². The molecule has 13 heavy (non-hydrogen) atoms. The van der Waals surface area contributed by atoms with Crippen LogP contribution < -0.4 is 0 Å². The van der Waals surface area contributed by atoms with Gasteiger partial charge in [-0.25, -0.2) is 0 Å². The van der Waals surface area contributed by atoms with Crippen LogP contribution >= 0.6 is 0 Å². The van der Waals surface area contributed by atoms with Crippen LogP contribution in [-0.4, -0.2) is 25.9 Å². The average molecular weight is 184 g/mol. The van der Waals surface area contributed by atoms with Gasteiger partial charge in [0, 0.05) is 6.61 Å². The fraction of sp³-hybridized carbons (Fsp3) is 1.00. The fourth-order valence-electron chi connectivity index (χ4n) is 2.10. The molecule has 1 atom stereocenters. The summed E-state index contributed by atoms with van der Waals surface area (Å²) in [5.74, 6) is 0.953. The van der Waals surface area contributed by atoms with Gasteiger partial charge in [0.25, 0.3) is 0 Å². The molecule has 0 aromatic carbocycles. The topological polar surface area (TPSA) is 21.8 Å². The van der Waals surface area contributed by atoms with Crippen molar-refractivity contribution in [3.05, 3.63) is 0 Å². The maximum Gasteiger partial charge on any atom is 0.104 e. The third-order valence-corrected chi connectivity index (χ3v) is 3.10. The summed E-state index contributed by atoms with van der Waals surface area (Å²) < 4.78 is 10.6. The minimum atomic E-state index is 0.436. The van der Waals surface area contributed by atoms with Crippen LogP contribution in [0.4, 0.5) is 0 Å². The van der Waals surface area contributed by atoms with Crippen LogP contribution in [0.1, 0.15) is 38.5 Å². The molecule has 0 bridgehead atoms. The highest BCUT2D eigenvalue weighted by Crippen LogP contribution is 2.26. The maximum atomic E-state index is 5.54. The van der Waals surface area contributed by atoms with Crippen molar-refractivity contribution in [2.24, 2.45) is 5.92 Å². The van der Waals surface area contributed by atoms with Crippen LogP contribution in [0.15, 0.2) is 0 Å². The third kappa shape index (κ3) is 3.65. The van der Waals surface area contributed by atoms with Crippen molar-refractivity contribution in [3.63, 3.8) is 0 Å². The molecule has 1 saturated heterocycles. The van der Waals surface area contributed by atoms with Gasteiger partial charge in [-0.2, -0.15) is 0 Å². The summed E-state index contributed by atoms with van der Waals surface area (Å²) in [7, 11) is 0. The Kier molecular flexibility index (Phi) is 3.62. The summed E-state index contributed by atoms with van der Waals surface area (Å²) in [6, 6.07) is 0. The lowest BCUT2D eigenvalue weighted by molar-refractivity contribution is 0.0993. The highest BCUT2D eigenvalue weighted by Gasteiger charge is 2.22. The van der Waals surface area contributed by atoms with Gasteiger partial charge in [-0.05, 0) is 12.3 Å². The number of ether oxygens (including phenoxy) is 2. The van der Waals surface area contributed by atoms with Crippen molar-refractivity contribution >= 4 is 0 Å². The zero-order chi connectivity index (χ0) is 8.93. The number of rotatable bonds is 5. The SMILES string of the molecule is C1CCC(CCOC[C@@H]2CO2)CC1. The minimum absolute atomic E-state index is 0.436. The molecule has 0 aromatic rings. The highest BCUT2D eigenvalue weighted by molar-refractivity contribution is 4.68. The van der Waals surface area contributed by atoms with Crippen LogP contribution in [0.5, 0.6) is 0 Å². The number of hydrogen-bond donors (Lipinski definition) is 0. The minimum Gasteiger partial charge on any atom is -0.379 e. The fourth-order valence-corrected chi connectivity index (χ4v) is 2.10. The zero-order valence-corrected chi connectivity index (χ0v) is 8.34. The standard InChI is InChI=1S/C11H20O2/c1-2-4-10(5-3-1)6-7-12-8-11-9-13-11/h10-11H,1-9H2/t11-/m1/s1. The molecule has 0 amide bonds. The van der Waals surface area contributed by atoms with Crippen LogP contribution in [0.25, 0.3) is 0 Å². The van der Waals surface area contributed by atoms with Gasteiger partial charge < -0.3 is 9.47 Å². The van der Waals surface area contributed by atoms with Crippen LogP contribution in [-0.2, 0) is 9.47 Å². The Morgan fingerprint density at radius 3 is 2.62 bits per heavy atom. The Hall–Kier alpha value is -0.0800. The Morgan fingerprint density at radius 2 is 1.92 bits per heavy atom. The third-order valence-electron chi connectivity index (χ3n) is 3.10. The maximum absolute atomic E-state index is 5.54. The van der Waals surface area contributed by atoms with Crippen molar-refractivity contribution in [1.29, 1.82) is 0 Å². The van der Waals surface area contributed by atoms with Crippen LogP contribution in [0.3, 0.4) is 0 Å². The van der Waals surface area contributed by atoms with E-state index in [9.17, 15) is 0 Å². The van der Waals surface area contributed by atoms with Gasteiger partial charge in [0.05, 0.1) is 13.2 Å². The predicted octanol–water partition coefficient (Wildman–Crippen LogP) is 2.37. The molecule has 0 aromatic heterocycles. The van der Waals surface area contributed by atoms with E-state index in [1.807, 2.05) is 0 Å². The summed E-state index contributed by atoms with van der Waals surface area (Å²) in [6.07, 6.45) is 8.91. The molecule has 1 heterocycles. The second-order valence-electron chi connectivity index (χ2n) is 4.32. The van der Waals surface area contributed by atoms with Gasteiger partial charge in [0.15, 0.2) is 0 Å². The quantitative estimate of drug-likeness (QED) is 0.483. The lowest BCUT2D eigenvalue weighted by Crippen LogP contribution is -2.11. The molecule has 2 nitrogen and oxygen atoms in total. The molecule has 0 unspecified atom stereocenters. The van der Waals surface area contributed by atoms with Crippen LogP contribution in [0, 0.1) is 5.92 Å². The lowest BCUT2D eigenvalue weighted by atomic mass is 9.87. The van der Waals surface area contributed by atoms with Gasteiger partial charge in [-0.1, -0.05) is 32.1 Å². The zero-order valence-electron chi connectivity index (χ0n) is 8.34. The molecule has 1 aliphatic carbocycles. The normalized spacial score (nSPS) is 29.1. The molecule has 2 fully saturated rings. The van der Waals surface area contributed by atoms with E-state index >= 15 is 0 Å². The molecule has 1 saturated carbocycles. The second-order valence-corrected chi connectivity index (χ2v) is 4.32. The van der Waals surface area contributed by atoms with E-state index in [4.69, 9.17) is 9.47 Å². The van der Waals surface area contributed by atoms with Crippen LogP contribution in [0.2, 0.25) is 0 Å². The van der Waals surface area contributed by atoms with E-state index < -0.39 is 0 Å². The Morgan fingerprint density at radius 1 is 1.15 bits per heavy atom. The van der Waals surface area contributed by atoms with E-state index in [1.165, 1.54) is 38.5 Å². The van der Waals surface area contributed by atoms with Gasteiger partial charge in [0.1, 0.15) is 6.10 Å². The first-order valence-electron chi connectivity index (χ1n) is 5.64. The summed E-state index contributed by atoms with van der Waals surface area (Å²) in [5.41, 5.74) is 0. The van der Waals surface area contributed by atoms with Gasteiger partial charge >= 0.3 is 0 Å². The van der Waals surface area contributed by atoms with Gasteiger partial charge in [-0.3, -0.25) is 0 Å². The highest BCUT2D eigenvalue weighted by atomic mass is 16.6. The molecule has 1 aliphatic heterocycles. The molecule has 76 valence electrons. The van der Waals surface area contributed by atoms with Crippen molar-refractivity contribution in [2.45, 2.75) is 44.6 Å². The van der Waals surface area contributed by atoms with E-state index in [0.29, 0.717) is 6.10 Å². The summed E-state index contributed by atoms with van der Waals surface area (Å²) in [5, 5.41) is 0. The average Bonchev–Trinajstić information content (AvgIpc) is 2.98. The summed E-state index contributed by atoms with van der Waals surface area (Å²) >= 11 is 0. The first kappa shape index (κ1) is 9.47. The number of epoxide rings is 1. The van der Waals surface area contributed by atoms with Crippen molar-refractivity contribution in [2.75, 3.05) is 19.8 Å². The molecule has 2 rings (SSSR count). The Labute approximate surface area is 80.6 Å². The Bertz CT molecular complexity index is 137. The van der Waals surface area contributed by atoms with Crippen molar-refractivity contribution < 1.29 is 9.47 Å². The smallest absolute Gasteiger partial charge is 0.104 e. The first-order valence-corrected chi connectivity index (χ1v) is 5.64. The number of hydrogen-bond acceptors (Lipinski definition) is 2. The molecular weight excluding hydrogens is 164 g/mol. The first-order chi connectivity index (χ1) is 6.45. The van der Waals surface area contributed by atoms with Gasteiger partial charge in [-0.15, -0.1) is 0 Å². The predicted molar refractivity (Wildman–Crippen MR) is 51.8 cm³/mol. The van der Waals surface area contributed by atoms with E-state index in [2.05, 4.69) is 0 Å². The van der Waals surface area contributed by atoms with Crippen molar-refractivity contribution in [1.82, 2.24) is 0 Å². The summed E-state index contributed by atoms with van der Waals surface area (Å²) in [4.78, 5) is 0. The van der Waals surface area contributed by atoms with Gasteiger partial charge in [0.2, 0.25) is 0 Å². The monoisotopic (exact) mass is 184 g/mol. The summed E-state index contributed by atoms with van der Waals surface area (Å²) in [6.45, 7) is 2.70. The molecule has 0 radical (unpaired) electrons. The molecular formula is C11H20O2. The largest absolute Gasteiger partial charge is 0.379 e. The Balaban J connectivity index is 1.46. The molecule has 0 N–H and O–H groups in total. The second kappa shape index (κ2) is 4.97. The lowest BCUT2D eigenvalue weighted by Gasteiger charge is -2.21. The van der Waals surface area contributed by atoms with E-state index in [0.717, 1.165) is 25.7 Å². The van der Waals surface area contributed by atoms with Crippen molar-refractivity contribution in [3.8, 4) is 0 Å². The molecule has 0 spiro atoms. The molecule has 2 aliphatic rings. The van der Waals surface area contributed by atoms with E-state index in [-0.39, 0.29) is 0 Å².